The molecule has 1 aliphatic heterocycles. The Morgan fingerprint density at radius 3 is 2.73 bits per heavy atom. The Balaban J connectivity index is 1.42. The maximum atomic E-state index is 12.2. The van der Waals surface area contributed by atoms with Crippen LogP contribution in [0.2, 0.25) is 0 Å². The molecule has 0 radical (unpaired) electrons. The molecule has 22 heavy (non-hydrogen) atoms. The van der Waals surface area contributed by atoms with Crippen molar-refractivity contribution in [2.45, 2.75) is 19.4 Å². The van der Waals surface area contributed by atoms with Crippen molar-refractivity contribution in [1.29, 1.82) is 0 Å². The number of hydrogen-bond donors (Lipinski definition) is 0. The topological polar surface area (TPSA) is 67.2 Å². The largest absolute Gasteiger partial charge is 0.353 e. The van der Waals surface area contributed by atoms with Crippen LogP contribution in [0.4, 0.5) is 5.82 Å². The van der Waals surface area contributed by atoms with Gasteiger partial charge in [-0.3, -0.25) is 9.48 Å². The first-order valence-corrected chi connectivity index (χ1v) is 7.59. The zero-order valence-corrected chi connectivity index (χ0v) is 12.5. The minimum atomic E-state index is 0.223. The molecular formula is C15H20N6O. The number of hydrogen-bond acceptors (Lipinski definition) is 5. The molecule has 2 aromatic rings. The monoisotopic (exact) mass is 300 g/mol. The van der Waals surface area contributed by atoms with Crippen LogP contribution in [-0.2, 0) is 11.3 Å². The second-order valence-electron chi connectivity index (χ2n) is 5.32. The lowest BCUT2D eigenvalue weighted by Crippen LogP contribution is -2.49. The Bertz CT molecular complexity index is 577. The summed E-state index contributed by atoms with van der Waals surface area (Å²) >= 11 is 0. The summed E-state index contributed by atoms with van der Waals surface area (Å²) in [5.41, 5.74) is 0. The summed E-state index contributed by atoms with van der Waals surface area (Å²) in [6.07, 6.45) is 6.35. The van der Waals surface area contributed by atoms with Crippen molar-refractivity contribution in [3.05, 3.63) is 37.1 Å². The summed E-state index contributed by atoms with van der Waals surface area (Å²) in [7, 11) is 0. The first kappa shape index (κ1) is 14.5. The molecule has 7 nitrogen and oxygen atoms in total. The molecule has 7 heteroatoms. The Kier molecular flexibility index (Phi) is 4.62. The van der Waals surface area contributed by atoms with E-state index in [1.54, 1.807) is 17.2 Å². The van der Waals surface area contributed by atoms with Crippen LogP contribution >= 0.6 is 0 Å². The second-order valence-corrected chi connectivity index (χ2v) is 5.32. The summed E-state index contributed by atoms with van der Waals surface area (Å²) in [6.45, 7) is 3.94. The van der Waals surface area contributed by atoms with Crippen LogP contribution in [0.1, 0.15) is 12.8 Å². The number of piperazine rings is 1. The number of amides is 1. The first-order chi connectivity index (χ1) is 10.8. The van der Waals surface area contributed by atoms with Crippen molar-refractivity contribution in [1.82, 2.24) is 24.6 Å². The number of pyridine rings is 1. The highest BCUT2D eigenvalue weighted by Crippen LogP contribution is 2.13. The average molecular weight is 300 g/mol. The molecule has 1 amide bonds. The van der Waals surface area contributed by atoms with E-state index >= 15 is 0 Å². The van der Waals surface area contributed by atoms with Crippen LogP contribution in [0, 0.1) is 0 Å². The van der Waals surface area contributed by atoms with E-state index in [9.17, 15) is 4.79 Å². The number of anilines is 1. The van der Waals surface area contributed by atoms with Crippen molar-refractivity contribution in [2.24, 2.45) is 0 Å². The molecule has 0 atom stereocenters. The minimum absolute atomic E-state index is 0.223. The summed E-state index contributed by atoms with van der Waals surface area (Å²) in [4.78, 5) is 24.6. The third-order valence-electron chi connectivity index (χ3n) is 3.85. The quantitative estimate of drug-likeness (QED) is 0.817. The fraction of sp³-hybridized carbons (Fsp3) is 0.467. The maximum absolute atomic E-state index is 12.2. The van der Waals surface area contributed by atoms with Gasteiger partial charge in [-0.15, -0.1) is 0 Å². The van der Waals surface area contributed by atoms with E-state index in [0.717, 1.165) is 45.0 Å². The van der Waals surface area contributed by atoms with Crippen LogP contribution in [0.5, 0.6) is 0 Å². The summed E-state index contributed by atoms with van der Waals surface area (Å²) in [6, 6.07) is 5.91. The van der Waals surface area contributed by atoms with E-state index in [4.69, 9.17) is 0 Å². The van der Waals surface area contributed by atoms with Crippen molar-refractivity contribution in [3.8, 4) is 0 Å². The molecule has 1 saturated heterocycles. The van der Waals surface area contributed by atoms with Gasteiger partial charge >= 0.3 is 0 Å². The zero-order chi connectivity index (χ0) is 15.2. The van der Waals surface area contributed by atoms with Crippen LogP contribution in [0.25, 0.3) is 0 Å². The van der Waals surface area contributed by atoms with Crippen LogP contribution in [0.15, 0.2) is 37.1 Å². The van der Waals surface area contributed by atoms with Crippen molar-refractivity contribution in [3.63, 3.8) is 0 Å². The second kappa shape index (κ2) is 7.02. The van der Waals surface area contributed by atoms with E-state index in [0.29, 0.717) is 6.42 Å². The zero-order valence-electron chi connectivity index (χ0n) is 12.5. The number of carbonyl (C=O) groups excluding carboxylic acids is 1. The van der Waals surface area contributed by atoms with Gasteiger partial charge in [-0.2, -0.15) is 5.10 Å². The van der Waals surface area contributed by atoms with Crippen molar-refractivity contribution < 1.29 is 4.79 Å². The Morgan fingerprint density at radius 1 is 1.18 bits per heavy atom. The van der Waals surface area contributed by atoms with Gasteiger partial charge in [-0.05, 0) is 18.6 Å². The fourth-order valence-corrected chi connectivity index (χ4v) is 2.62. The number of rotatable bonds is 5. The lowest BCUT2D eigenvalue weighted by atomic mass is 10.2. The molecule has 0 unspecified atom stereocenters. The number of aryl methyl sites for hydroxylation is 1. The smallest absolute Gasteiger partial charge is 0.222 e. The Hall–Kier alpha value is -2.44. The fourth-order valence-electron chi connectivity index (χ4n) is 2.62. The molecular weight excluding hydrogens is 280 g/mol. The molecule has 0 saturated carbocycles. The maximum Gasteiger partial charge on any atom is 0.222 e. The molecule has 0 N–H and O–H groups in total. The molecule has 1 aliphatic rings. The number of aromatic nitrogens is 4. The van der Waals surface area contributed by atoms with E-state index in [1.807, 2.05) is 23.1 Å². The average Bonchev–Trinajstić information content (AvgIpc) is 3.09. The normalized spacial score (nSPS) is 15.1. The van der Waals surface area contributed by atoms with E-state index in [1.165, 1.54) is 6.33 Å². The van der Waals surface area contributed by atoms with E-state index < -0.39 is 0 Å². The Morgan fingerprint density at radius 2 is 2.05 bits per heavy atom. The molecule has 1 fully saturated rings. The lowest BCUT2D eigenvalue weighted by Gasteiger charge is -2.35. The molecule has 0 aromatic carbocycles. The number of carbonyl (C=O) groups is 1. The van der Waals surface area contributed by atoms with Gasteiger partial charge in [-0.1, -0.05) is 6.07 Å². The van der Waals surface area contributed by atoms with Gasteiger partial charge in [-0.25, -0.2) is 9.97 Å². The van der Waals surface area contributed by atoms with Gasteiger partial charge < -0.3 is 9.80 Å². The molecule has 3 rings (SSSR count). The highest BCUT2D eigenvalue weighted by atomic mass is 16.2. The summed E-state index contributed by atoms with van der Waals surface area (Å²) in [5, 5.41) is 4.04. The first-order valence-electron chi connectivity index (χ1n) is 7.59. The van der Waals surface area contributed by atoms with Crippen LogP contribution < -0.4 is 4.90 Å². The molecule has 2 aromatic heterocycles. The predicted molar refractivity (Wildman–Crippen MR) is 82.3 cm³/mol. The predicted octanol–water partition coefficient (Wildman–Crippen LogP) is 0.802. The molecule has 3 heterocycles. The highest BCUT2D eigenvalue weighted by molar-refractivity contribution is 5.76. The van der Waals surface area contributed by atoms with Gasteiger partial charge in [0, 0.05) is 45.3 Å². The summed E-state index contributed by atoms with van der Waals surface area (Å²) < 4.78 is 1.76. The van der Waals surface area contributed by atoms with Gasteiger partial charge in [0.1, 0.15) is 18.5 Å². The molecule has 0 bridgehead atoms. The molecule has 0 spiro atoms. The van der Waals surface area contributed by atoms with Crippen LogP contribution in [-0.4, -0.2) is 56.7 Å². The van der Waals surface area contributed by atoms with Crippen molar-refractivity contribution >= 4 is 11.7 Å². The van der Waals surface area contributed by atoms with Crippen molar-refractivity contribution in [2.75, 3.05) is 31.1 Å². The SMILES string of the molecule is O=C(CCCn1cncn1)N1CCN(c2ccccn2)CC1. The number of nitrogens with zero attached hydrogens (tertiary/aromatic N) is 6. The van der Waals surface area contributed by atoms with Gasteiger partial charge in [0.2, 0.25) is 5.91 Å². The third kappa shape index (κ3) is 3.60. The Labute approximate surface area is 129 Å². The molecule has 0 aliphatic carbocycles. The van der Waals surface area contributed by atoms with E-state index in [-0.39, 0.29) is 5.91 Å². The summed E-state index contributed by atoms with van der Waals surface area (Å²) in [5.74, 6) is 1.21. The van der Waals surface area contributed by atoms with E-state index in [2.05, 4.69) is 20.0 Å². The minimum Gasteiger partial charge on any atom is -0.353 e. The standard InChI is InChI=1S/C15H20N6O/c22-15(5-3-7-21-13-16-12-18-21)20-10-8-19(9-11-20)14-4-1-2-6-17-14/h1-2,4,6,12-13H,3,5,7-11H2. The van der Waals surface area contributed by atoms with Gasteiger partial charge in [0.15, 0.2) is 0 Å². The third-order valence-corrected chi connectivity index (χ3v) is 3.85. The highest BCUT2D eigenvalue weighted by Gasteiger charge is 2.21. The van der Waals surface area contributed by atoms with Gasteiger partial charge in [0.05, 0.1) is 0 Å². The van der Waals surface area contributed by atoms with Crippen LogP contribution in [0.3, 0.4) is 0 Å². The molecule has 116 valence electrons. The van der Waals surface area contributed by atoms with Gasteiger partial charge in [0.25, 0.3) is 0 Å². The lowest BCUT2D eigenvalue weighted by molar-refractivity contribution is -0.131.